The average Bonchev–Trinajstić information content (AvgIpc) is 2.66. The van der Waals surface area contributed by atoms with E-state index in [1.54, 1.807) is 0 Å². The number of likely N-dealkylation sites (tertiary alicyclic amines) is 1. The van der Waals surface area contributed by atoms with E-state index in [9.17, 15) is 14.7 Å². The summed E-state index contributed by atoms with van der Waals surface area (Å²) in [6, 6.07) is 13.9. The van der Waals surface area contributed by atoms with E-state index in [1.165, 1.54) is 5.39 Å². The van der Waals surface area contributed by atoms with Crippen molar-refractivity contribution in [3.63, 3.8) is 0 Å². The molecule has 5 nitrogen and oxygen atoms in total. The van der Waals surface area contributed by atoms with Crippen LogP contribution in [0.5, 0.6) is 0 Å². The molecule has 4 unspecified atom stereocenters. The van der Waals surface area contributed by atoms with Crippen LogP contribution in [0.15, 0.2) is 42.5 Å². The number of nitrogens with one attached hydrogen (secondary N) is 1. The molecule has 1 saturated heterocycles. The minimum atomic E-state index is -0.774. The Labute approximate surface area is 160 Å². The Balaban J connectivity index is 1.66. The number of piperidine rings is 1. The fourth-order valence-electron chi connectivity index (χ4n) is 3.95. The van der Waals surface area contributed by atoms with Crippen LogP contribution in [-0.4, -0.2) is 41.0 Å². The lowest BCUT2D eigenvalue weighted by atomic mass is 9.89. The van der Waals surface area contributed by atoms with Crippen LogP contribution in [0.4, 0.5) is 0 Å². The highest BCUT2D eigenvalue weighted by molar-refractivity contribution is 5.84. The lowest BCUT2D eigenvalue weighted by Crippen LogP contribution is -2.52. The SMILES string of the molecule is CC1CC(C(=O)O)CN(C(C)C(=O)NC(C)c2ccc3ccccc3c2)C1. The minimum Gasteiger partial charge on any atom is -0.481 e. The predicted molar refractivity (Wildman–Crippen MR) is 106 cm³/mol. The molecule has 1 amide bonds. The molecule has 27 heavy (non-hydrogen) atoms. The second-order valence-corrected chi connectivity index (χ2v) is 7.84. The van der Waals surface area contributed by atoms with Crippen molar-refractivity contribution >= 4 is 22.6 Å². The minimum absolute atomic E-state index is 0.0612. The van der Waals surface area contributed by atoms with Crippen molar-refractivity contribution in [2.75, 3.05) is 13.1 Å². The van der Waals surface area contributed by atoms with E-state index in [0.717, 1.165) is 17.5 Å². The standard InChI is InChI=1S/C22H28N2O3/c1-14-10-20(22(26)27)13-24(12-14)16(3)21(25)23-15(2)18-9-8-17-6-4-5-7-19(17)11-18/h4-9,11,14-16,20H,10,12-13H2,1-3H3,(H,23,25)(H,26,27). The molecule has 0 aliphatic carbocycles. The summed E-state index contributed by atoms with van der Waals surface area (Å²) in [5.74, 6) is -0.965. The maximum absolute atomic E-state index is 12.8. The molecule has 0 saturated carbocycles. The Morgan fingerprint density at radius 2 is 1.81 bits per heavy atom. The number of nitrogens with zero attached hydrogens (tertiary/aromatic N) is 1. The lowest BCUT2D eigenvalue weighted by molar-refractivity contribution is -0.146. The Bertz CT molecular complexity index is 835. The van der Waals surface area contributed by atoms with Crippen molar-refractivity contribution < 1.29 is 14.7 Å². The third-order valence-corrected chi connectivity index (χ3v) is 5.60. The summed E-state index contributed by atoms with van der Waals surface area (Å²) in [6.45, 7) is 7.07. The van der Waals surface area contributed by atoms with Gasteiger partial charge in [-0.15, -0.1) is 0 Å². The molecule has 2 N–H and O–H groups in total. The topological polar surface area (TPSA) is 69.6 Å². The molecular weight excluding hydrogens is 340 g/mol. The number of rotatable bonds is 5. The molecule has 1 aliphatic heterocycles. The molecule has 1 aliphatic rings. The number of hydrogen-bond donors (Lipinski definition) is 2. The summed E-state index contributed by atoms with van der Waals surface area (Å²) >= 11 is 0. The van der Waals surface area contributed by atoms with E-state index in [2.05, 4.69) is 29.6 Å². The van der Waals surface area contributed by atoms with Crippen LogP contribution in [0.1, 0.15) is 38.8 Å². The number of amides is 1. The summed E-state index contributed by atoms with van der Waals surface area (Å²) in [4.78, 5) is 26.1. The van der Waals surface area contributed by atoms with Crippen LogP contribution in [0, 0.1) is 11.8 Å². The molecule has 2 aromatic rings. The third kappa shape index (κ3) is 4.48. The average molecular weight is 368 g/mol. The predicted octanol–water partition coefficient (Wildman–Crippen LogP) is 3.45. The van der Waals surface area contributed by atoms with E-state index in [0.29, 0.717) is 13.0 Å². The van der Waals surface area contributed by atoms with Crippen molar-refractivity contribution in [1.82, 2.24) is 10.2 Å². The van der Waals surface area contributed by atoms with Crippen LogP contribution >= 0.6 is 0 Å². The zero-order valence-electron chi connectivity index (χ0n) is 16.2. The molecule has 144 valence electrons. The highest BCUT2D eigenvalue weighted by Crippen LogP contribution is 2.24. The van der Waals surface area contributed by atoms with Crippen molar-refractivity contribution in [3.8, 4) is 0 Å². The van der Waals surface area contributed by atoms with Crippen molar-refractivity contribution in [2.45, 2.75) is 39.3 Å². The number of carboxylic acids is 1. The summed E-state index contributed by atoms with van der Waals surface area (Å²) in [7, 11) is 0. The first-order chi connectivity index (χ1) is 12.8. The Kier molecular flexibility index (Phi) is 5.80. The van der Waals surface area contributed by atoms with E-state index >= 15 is 0 Å². The summed E-state index contributed by atoms with van der Waals surface area (Å²) < 4.78 is 0. The van der Waals surface area contributed by atoms with E-state index in [1.807, 2.05) is 43.9 Å². The largest absolute Gasteiger partial charge is 0.481 e. The molecule has 1 heterocycles. The number of aliphatic carboxylic acids is 1. The lowest BCUT2D eigenvalue weighted by Gasteiger charge is -2.38. The number of fused-ring (bicyclic) bond motifs is 1. The monoisotopic (exact) mass is 368 g/mol. The van der Waals surface area contributed by atoms with Gasteiger partial charge in [-0.1, -0.05) is 43.3 Å². The number of carboxylic acid groups (broad SMARTS) is 1. The smallest absolute Gasteiger partial charge is 0.307 e. The van der Waals surface area contributed by atoms with Crippen LogP contribution in [0.2, 0.25) is 0 Å². The molecular formula is C22H28N2O3. The van der Waals surface area contributed by atoms with E-state index in [-0.39, 0.29) is 23.9 Å². The van der Waals surface area contributed by atoms with Gasteiger partial charge in [-0.05, 0) is 48.6 Å². The molecule has 0 aromatic heterocycles. The second-order valence-electron chi connectivity index (χ2n) is 7.84. The van der Waals surface area contributed by atoms with Gasteiger partial charge >= 0.3 is 5.97 Å². The number of carbonyl (C=O) groups excluding carboxylic acids is 1. The van der Waals surface area contributed by atoms with Gasteiger partial charge in [-0.2, -0.15) is 0 Å². The molecule has 0 bridgehead atoms. The third-order valence-electron chi connectivity index (χ3n) is 5.60. The molecule has 3 rings (SSSR count). The summed E-state index contributed by atoms with van der Waals surface area (Å²) in [6.07, 6.45) is 0.674. The maximum atomic E-state index is 12.8. The summed E-state index contributed by atoms with van der Waals surface area (Å²) in [5.41, 5.74) is 1.06. The van der Waals surface area contributed by atoms with E-state index in [4.69, 9.17) is 0 Å². The van der Waals surface area contributed by atoms with Gasteiger partial charge in [-0.25, -0.2) is 0 Å². The second kappa shape index (κ2) is 8.09. The first-order valence-corrected chi connectivity index (χ1v) is 9.61. The van der Waals surface area contributed by atoms with Gasteiger partial charge in [0.25, 0.3) is 0 Å². The van der Waals surface area contributed by atoms with Crippen LogP contribution in [0.3, 0.4) is 0 Å². The van der Waals surface area contributed by atoms with Gasteiger partial charge in [0.15, 0.2) is 0 Å². The zero-order valence-corrected chi connectivity index (χ0v) is 16.2. The fourth-order valence-corrected chi connectivity index (χ4v) is 3.95. The highest BCUT2D eigenvalue weighted by Gasteiger charge is 2.34. The highest BCUT2D eigenvalue weighted by atomic mass is 16.4. The van der Waals surface area contributed by atoms with Gasteiger partial charge < -0.3 is 10.4 Å². The van der Waals surface area contributed by atoms with Gasteiger partial charge in [0.1, 0.15) is 0 Å². The Hall–Kier alpha value is -2.40. The molecule has 2 aromatic carbocycles. The molecule has 5 heteroatoms. The molecule has 0 radical (unpaired) electrons. The van der Waals surface area contributed by atoms with Gasteiger partial charge in [-0.3, -0.25) is 14.5 Å². The van der Waals surface area contributed by atoms with Crippen LogP contribution in [0.25, 0.3) is 10.8 Å². The molecule has 0 spiro atoms. The number of benzene rings is 2. The fraction of sp³-hybridized carbons (Fsp3) is 0.455. The van der Waals surface area contributed by atoms with Gasteiger partial charge in [0.05, 0.1) is 18.0 Å². The zero-order chi connectivity index (χ0) is 19.6. The van der Waals surface area contributed by atoms with Gasteiger partial charge in [0, 0.05) is 13.1 Å². The summed E-state index contributed by atoms with van der Waals surface area (Å²) in [5, 5.41) is 14.8. The Morgan fingerprint density at radius 1 is 1.11 bits per heavy atom. The van der Waals surface area contributed by atoms with Crippen molar-refractivity contribution in [2.24, 2.45) is 11.8 Å². The molecule has 1 fully saturated rings. The van der Waals surface area contributed by atoms with E-state index < -0.39 is 11.9 Å². The van der Waals surface area contributed by atoms with Crippen molar-refractivity contribution in [3.05, 3.63) is 48.0 Å². The quantitative estimate of drug-likeness (QED) is 0.848. The number of hydrogen-bond acceptors (Lipinski definition) is 3. The first-order valence-electron chi connectivity index (χ1n) is 9.61. The van der Waals surface area contributed by atoms with Crippen LogP contribution < -0.4 is 5.32 Å². The molecule has 4 atom stereocenters. The number of carbonyl (C=O) groups is 2. The first kappa shape index (κ1) is 19.4. The normalized spacial score (nSPS) is 22.9. The maximum Gasteiger partial charge on any atom is 0.307 e. The van der Waals surface area contributed by atoms with Crippen LogP contribution in [-0.2, 0) is 9.59 Å². The Morgan fingerprint density at radius 3 is 2.52 bits per heavy atom. The van der Waals surface area contributed by atoms with Crippen molar-refractivity contribution in [1.29, 1.82) is 0 Å². The van der Waals surface area contributed by atoms with Gasteiger partial charge in [0.2, 0.25) is 5.91 Å².